The summed E-state index contributed by atoms with van der Waals surface area (Å²) >= 11 is 3.44. The molecular weight excluding hydrogens is 378 g/mol. The van der Waals surface area contributed by atoms with Crippen LogP contribution in [0.4, 0.5) is 5.69 Å². The van der Waals surface area contributed by atoms with Crippen molar-refractivity contribution in [3.05, 3.63) is 52.0 Å². The van der Waals surface area contributed by atoms with Gasteiger partial charge in [0.2, 0.25) is 0 Å². The molecule has 0 N–H and O–H groups in total. The predicted octanol–water partition coefficient (Wildman–Crippen LogP) is 3.91. The summed E-state index contributed by atoms with van der Waals surface area (Å²) in [7, 11) is -2.20. The molecule has 1 aliphatic rings. The lowest BCUT2D eigenvalue weighted by Crippen LogP contribution is -2.36. The molecule has 23 heavy (non-hydrogen) atoms. The number of hydrogen-bond donors (Lipinski definition) is 0. The fraction of sp³-hybridized carbons (Fsp3) is 0.294. The number of aryl methyl sites for hydroxylation is 1. The normalized spacial score (nSPS) is 17.2. The Morgan fingerprint density at radius 3 is 2.65 bits per heavy atom. The molecule has 0 saturated heterocycles. The van der Waals surface area contributed by atoms with Gasteiger partial charge in [-0.15, -0.1) is 0 Å². The molecule has 0 bridgehead atoms. The summed E-state index contributed by atoms with van der Waals surface area (Å²) in [5.41, 5.74) is 2.65. The van der Waals surface area contributed by atoms with Crippen LogP contribution in [-0.2, 0) is 16.4 Å². The lowest BCUT2D eigenvalue weighted by molar-refractivity contribution is 0.402. The molecule has 1 unspecified atom stereocenters. The highest BCUT2D eigenvalue weighted by Crippen LogP contribution is 2.40. The van der Waals surface area contributed by atoms with E-state index in [0.29, 0.717) is 12.2 Å². The van der Waals surface area contributed by atoms with Gasteiger partial charge in [-0.25, -0.2) is 8.42 Å². The minimum Gasteiger partial charge on any atom is -0.495 e. The Labute approximate surface area is 145 Å². The Kier molecular flexibility index (Phi) is 4.14. The summed E-state index contributed by atoms with van der Waals surface area (Å²) in [6.45, 7) is 3.80. The zero-order chi connectivity index (χ0) is 16.8. The summed E-state index contributed by atoms with van der Waals surface area (Å²) in [6.07, 6.45) is 0.697. The Bertz CT molecular complexity index is 864. The number of hydrogen-bond acceptors (Lipinski definition) is 3. The summed E-state index contributed by atoms with van der Waals surface area (Å²) in [5.74, 6) is 0.369. The molecule has 3 rings (SSSR count). The van der Waals surface area contributed by atoms with Gasteiger partial charge in [-0.2, -0.15) is 0 Å². The Morgan fingerprint density at radius 2 is 1.96 bits per heavy atom. The average molecular weight is 396 g/mol. The third kappa shape index (κ3) is 2.74. The van der Waals surface area contributed by atoms with Gasteiger partial charge in [0.05, 0.1) is 12.8 Å². The maximum absolute atomic E-state index is 13.3. The molecule has 122 valence electrons. The molecule has 1 aliphatic heterocycles. The maximum atomic E-state index is 13.3. The fourth-order valence-electron chi connectivity index (χ4n) is 3.03. The molecule has 2 aromatic rings. The predicted molar refractivity (Wildman–Crippen MR) is 94.7 cm³/mol. The SMILES string of the molecule is COc1ccc(C)cc1S(=O)(=O)N1c2ccc(Br)cc2CC1C. The second-order valence-electron chi connectivity index (χ2n) is 5.78. The largest absolute Gasteiger partial charge is 0.495 e. The molecule has 1 atom stereocenters. The Hall–Kier alpha value is -1.53. The van der Waals surface area contributed by atoms with Crippen molar-refractivity contribution in [2.24, 2.45) is 0 Å². The maximum Gasteiger partial charge on any atom is 0.268 e. The minimum atomic E-state index is -3.69. The van der Waals surface area contributed by atoms with Gasteiger partial charge in [-0.1, -0.05) is 22.0 Å². The smallest absolute Gasteiger partial charge is 0.268 e. The van der Waals surface area contributed by atoms with Gasteiger partial charge in [-0.3, -0.25) is 4.31 Å². The van der Waals surface area contributed by atoms with Crippen molar-refractivity contribution in [3.8, 4) is 5.75 Å². The molecule has 0 spiro atoms. The lowest BCUT2D eigenvalue weighted by Gasteiger charge is -2.25. The molecular formula is C17H18BrNO3S. The zero-order valence-electron chi connectivity index (χ0n) is 13.2. The van der Waals surface area contributed by atoms with E-state index >= 15 is 0 Å². The molecule has 1 heterocycles. The van der Waals surface area contributed by atoms with Gasteiger partial charge in [0.25, 0.3) is 10.0 Å². The zero-order valence-corrected chi connectivity index (χ0v) is 15.6. The van der Waals surface area contributed by atoms with Crippen LogP contribution >= 0.6 is 15.9 Å². The summed E-state index contributed by atoms with van der Waals surface area (Å²) < 4.78 is 34.3. The molecule has 6 heteroatoms. The molecule has 0 amide bonds. The summed E-state index contributed by atoms with van der Waals surface area (Å²) in [5, 5.41) is 0. The highest BCUT2D eigenvalue weighted by Gasteiger charge is 2.37. The van der Waals surface area contributed by atoms with Crippen LogP contribution in [0.15, 0.2) is 45.8 Å². The van der Waals surface area contributed by atoms with E-state index < -0.39 is 10.0 Å². The van der Waals surface area contributed by atoms with Crippen LogP contribution in [0.5, 0.6) is 5.75 Å². The van der Waals surface area contributed by atoms with Crippen molar-refractivity contribution in [1.29, 1.82) is 0 Å². The van der Waals surface area contributed by atoms with Crippen LogP contribution in [0.25, 0.3) is 0 Å². The second-order valence-corrected chi connectivity index (χ2v) is 8.48. The van der Waals surface area contributed by atoms with Crippen molar-refractivity contribution in [3.63, 3.8) is 0 Å². The van der Waals surface area contributed by atoms with Gasteiger partial charge in [0.1, 0.15) is 10.6 Å². The van der Waals surface area contributed by atoms with Crippen LogP contribution in [0.3, 0.4) is 0 Å². The van der Waals surface area contributed by atoms with Gasteiger partial charge < -0.3 is 4.74 Å². The topological polar surface area (TPSA) is 46.6 Å². The van der Waals surface area contributed by atoms with E-state index in [-0.39, 0.29) is 10.9 Å². The first kappa shape index (κ1) is 16.3. The first-order chi connectivity index (χ1) is 10.8. The fourth-order valence-corrected chi connectivity index (χ4v) is 5.38. The van der Waals surface area contributed by atoms with Crippen LogP contribution in [0, 0.1) is 6.92 Å². The summed E-state index contributed by atoms with van der Waals surface area (Å²) in [6, 6.07) is 10.8. The van der Waals surface area contributed by atoms with Gasteiger partial charge in [-0.05, 0) is 61.7 Å². The number of sulfonamides is 1. The summed E-state index contributed by atoms with van der Waals surface area (Å²) in [4.78, 5) is 0.211. The van der Waals surface area contributed by atoms with E-state index in [2.05, 4.69) is 15.9 Å². The van der Waals surface area contributed by atoms with Crippen LogP contribution < -0.4 is 9.04 Å². The number of nitrogens with zero attached hydrogens (tertiary/aromatic N) is 1. The molecule has 4 nitrogen and oxygen atoms in total. The highest BCUT2D eigenvalue weighted by molar-refractivity contribution is 9.10. The number of fused-ring (bicyclic) bond motifs is 1. The molecule has 0 fully saturated rings. The minimum absolute atomic E-state index is 0.130. The number of methoxy groups -OCH3 is 1. The number of rotatable bonds is 3. The van der Waals surface area contributed by atoms with E-state index in [0.717, 1.165) is 21.3 Å². The van der Waals surface area contributed by atoms with Crippen molar-refractivity contribution < 1.29 is 13.2 Å². The number of benzene rings is 2. The first-order valence-corrected chi connectivity index (χ1v) is 9.55. The van der Waals surface area contributed by atoms with Crippen LogP contribution in [0.1, 0.15) is 18.1 Å². The van der Waals surface area contributed by atoms with E-state index in [9.17, 15) is 8.42 Å². The average Bonchev–Trinajstić information content (AvgIpc) is 2.82. The van der Waals surface area contributed by atoms with E-state index in [1.54, 1.807) is 12.1 Å². The number of halogens is 1. The standard InChI is InChI=1S/C17H18BrNO3S/c1-11-4-7-16(22-3)17(8-11)23(20,21)19-12(2)9-13-10-14(18)5-6-15(13)19/h4-8,10,12H,9H2,1-3H3. The van der Waals surface area contributed by atoms with Crippen molar-refractivity contribution in [1.82, 2.24) is 0 Å². The van der Waals surface area contributed by atoms with E-state index in [1.807, 2.05) is 38.1 Å². The molecule has 0 aromatic heterocycles. The van der Waals surface area contributed by atoms with Crippen molar-refractivity contribution in [2.45, 2.75) is 31.2 Å². The molecule has 0 radical (unpaired) electrons. The molecule has 0 saturated carbocycles. The number of ether oxygens (including phenoxy) is 1. The van der Waals surface area contributed by atoms with Gasteiger partial charge >= 0.3 is 0 Å². The van der Waals surface area contributed by atoms with Crippen molar-refractivity contribution >= 4 is 31.6 Å². The Balaban J connectivity index is 2.17. The third-order valence-corrected chi connectivity index (χ3v) is 6.49. The Morgan fingerprint density at radius 1 is 1.22 bits per heavy atom. The monoisotopic (exact) mass is 395 g/mol. The van der Waals surface area contributed by atoms with Crippen molar-refractivity contribution in [2.75, 3.05) is 11.4 Å². The van der Waals surface area contributed by atoms with Gasteiger partial charge in [0.15, 0.2) is 0 Å². The highest BCUT2D eigenvalue weighted by atomic mass is 79.9. The van der Waals surface area contributed by atoms with Crippen LogP contribution in [-0.4, -0.2) is 21.6 Å². The lowest BCUT2D eigenvalue weighted by atomic mass is 10.1. The molecule has 2 aromatic carbocycles. The van der Waals surface area contributed by atoms with Crippen LogP contribution in [0.2, 0.25) is 0 Å². The molecule has 0 aliphatic carbocycles. The third-order valence-electron chi connectivity index (χ3n) is 4.05. The first-order valence-electron chi connectivity index (χ1n) is 7.32. The van der Waals surface area contributed by atoms with E-state index in [4.69, 9.17) is 4.74 Å². The quantitative estimate of drug-likeness (QED) is 0.791. The van der Waals surface area contributed by atoms with E-state index in [1.165, 1.54) is 11.4 Å². The second kappa shape index (κ2) is 5.83. The number of anilines is 1. The van der Waals surface area contributed by atoms with Gasteiger partial charge in [0, 0.05) is 10.5 Å².